The first-order valence-corrected chi connectivity index (χ1v) is 33.3. The highest BCUT2D eigenvalue weighted by Gasteiger charge is 2.40. The number of fused-ring (bicyclic) bond motifs is 1. The van der Waals surface area contributed by atoms with Crippen LogP contribution in [0, 0.1) is 29.6 Å². The SMILES string of the molecule is CC(C)CC(NC(=O)C(C)CC(=O)C1CCCN1C(=O)C(CCC(CCCCN)NC(=O)CCC(=O)CNC(=O)CCC(=O)C(CCCCN)N=[N+]=[N-])Cc1c[nH]c2ccccc12)C(=O)CC(C(=O)NC(C(=O)CC(CCCN=C(N)N)C(=O)O)C(C)C)c1ccccc1. The number of rotatable bonds is 47. The number of unbranched alkanes of at least 4 members (excludes halogenated alkanes) is 2. The summed E-state index contributed by atoms with van der Waals surface area (Å²) < 4.78 is 0. The van der Waals surface area contributed by atoms with E-state index in [2.05, 4.69) is 41.3 Å². The van der Waals surface area contributed by atoms with Gasteiger partial charge in [0.25, 0.3) is 0 Å². The topological polar surface area (TPSA) is 440 Å². The fraction of sp³-hybridized carbons (Fsp3) is 0.618. The van der Waals surface area contributed by atoms with Crippen molar-refractivity contribution in [3.8, 4) is 0 Å². The summed E-state index contributed by atoms with van der Waals surface area (Å²) >= 11 is 0. The lowest BCUT2D eigenvalue weighted by molar-refractivity contribution is -0.144. The average molecular weight is 1310 g/mol. The number of aliphatic imine (C=N–C) groups is 1. The van der Waals surface area contributed by atoms with Gasteiger partial charge in [-0.1, -0.05) is 101 Å². The molecule has 2 aromatic carbocycles. The Balaban J connectivity index is 1.45. The zero-order valence-corrected chi connectivity index (χ0v) is 55.5. The first kappa shape index (κ1) is 78.1. The lowest BCUT2D eigenvalue weighted by atomic mass is 9.86. The Morgan fingerprint density at radius 1 is 0.713 bits per heavy atom. The van der Waals surface area contributed by atoms with E-state index in [4.69, 9.17) is 28.5 Å². The fourth-order valence-corrected chi connectivity index (χ4v) is 11.9. The monoisotopic (exact) mass is 1310 g/mol. The summed E-state index contributed by atoms with van der Waals surface area (Å²) in [6.07, 6.45) is 6.17. The van der Waals surface area contributed by atoms with Gasteiger partial charge in [-0.3, -0.25) is 57.7 Å². The fourth-order valence-electron chi connectivity index (χ4n) is 11.9. The highest BCUT2D eigenvalue weighted by Crippen LogP contribution is 2.31. The number of hydrogen-bond acceptors (Lipinski definition) is 15. The van der Waals surface area contributed by atoms with E-state index in [1.165, 1.54) is 0 Å². The average Bonchev–Trinajstić information content (AvgIpc) is 1.67. The van der Waals surface area contributed by atoms with E-state index in [-0.39, 0.29) is 100 Å². The number of azide groups is 1. The normalized spacial score (nSPS) is 15.5. The molecule has 4 rings (SSSR count). The predicted octanol–water partition coefficient (Wildman–Crippen LogP) is 6.06. The minimum atomic E-state index is -1.18. The van der Waals surface area contributed by atoms with Crippen LogP contribution < -0.4 is 44.2 Å². The maximum atomic E-state index is 15.1. The molecule has 0 spiro atoms. The van der Waals surface area contributed by atoms with Crippen LogP contribution in [0.25, 0.3) is 21.3 Å². The molecule has 14 N–H and O–H groups in total. The molecule has 5 amide bonds. The van der Waals surface area contributed by atoms with Gasteiger partial charge >= 0.3 is 5.97 Å². The van der Waals surface area contributed by atoms with Crippen LogP contribution in [0.3, 0.4) is 0 Å². The number of ketones is 5. The number of nitrogens with one attached hydrogen (secondary N) is 5. The number of carboxylic acids is 1. The van der Waals surface area contributed by atoms with Crippen molar-refractivity contribution in [2.45, 2.75) is 206 Å². The van der Waals surface area contributed by atoms with Crippen molar-refractivity contribution in [1.29, 1.82) is 0 Å². The van der Waals surface area contributed by atoms with E-state index in [1.807, 2.05) is 44.3 Å². The molecule has 26 nitrogen and oxygen atoms in total. The molecule has 94 heavy (non-hydrogen) atoms. The van der Waals surface area contributed by atoms with Gasteiger partial charge in [0.1, 0.15) is 5.78 Å². The van der Waals surface area contributed by atoms with E-state index in [9.17, 15) is 53.1 Å². The zero-order valence-electron chi connectivity index (χ0n) is 55.5. The minimum absolute atomic E-state index is 0.0987. The lowest BCUT2D eigenvalue weighted by Crippen LogP contribution is -2.49. The first-order valence-electron chi connectivity index (χ1n) is 33.3. The molecule has 0 saturated carbocycles. The van der Waals surface area contributed by atoms with E-state index in [0.29, 0.717) is 102 Å². The summed E-state index contributed by atoms with van der Waals surface area (Å²) in [4.78, 5) is 162. The summed E-state index contributed by atoms with van der Waals surface area (Å²) in [5, 5.41) is 25.8. The molecule has 9 atom stereocenters. The number of likely N-dealkylation sites (tertiary alicyclic amines) is 1. The third-order valence-corrected chi connectivity index (χ3v) is 17.2. The molecule has 9 unspecified atom stereocenters. The number of guanidine groups is 1. The largest absolute Gasteiger partial charge is 0.481 e. The Kier molecular flexibility index (Phi) is 34.4. The Hall–Kier alpha value is -8.35. The second-order valence-electron chi connectivity index (χ2n) is 25.6. The van der Waals surface area contributed by atoms with Crippen molar-refractivity contribution in [2.75, 3.05) is 32.7 Å². The van der Waals surface area contributed by atoms with Gasteiger partial charge in [0.05, 0.1) is 42.5 Å². The number of benzene rings is 2. The molecule has 0 aliphatic carbocycles. The maximum Gasteiger partial charge on any atom is 0.306 e. The molecule has 26 heteroatoms. The molecular weight excluding hydrogens is 1200 g/mol. The van der Waals surface area contributed by atoms with E-state index in [1.54, 1.807) is 56.0 Å². The van der Waals surface area contributed by atoms with Crippen LogP contribution in [0.5, 0.6) is 0 Å². The van der Waals surface area contributed by atoms with Gasteiger partial charge in [0.15, 0.2) is 29.1 Å². The number of hydrogen-bond donors (Lipinski definition) is 10. The number of carboxylic acid groups (broad SMARTS) is 1. The molecule has 2 heterocycles. The summed E-state index contributed by atoms with van der Waals surface area (Å²) in [5.41, 5.74) is 33.4. The third-order valence-electron chi connectivity index (χ3n) is 17.2. The molecular formula is C68H102N14O12. The second kappa shape index (κ2) is 41.4. The van der Waals surface area contributed by atoms with Crippen molar-refractivity contribution < 1.29 is 57.8 Å². The number of Topliss-reactive ketones (excluding diaryl/α,β-unsaturated/α-hetero) is 5. The van der Waals surface area contributed by atoms with Crippen LogP contribution >= 0.6 is 0 Å². The molecule has 0 bridgehead atoms. The van der Waals surface area contributed by atoms with E-state index in [0.717, 1.165) is 16.5 Å². The molecule has 1 aliphatic rings. The molecule has 1 aliphatic heterocycles. The van der Waals surface area contributed by atoms with Crippen molar-refractivity contribution in [3.63, 3.8) is 0 Å². The smallest absolute Gasteiger partial charge is 0.306 e. The predicted molar refractivity (Wildman–Crippen MR) is 358 cm³/mol. The van der Waals surface area contributed by atoms with Crippen molar-refractivity contribution >= 4 is 81.3 Å². The minimum Gasteiger partial charge on any atom is -0.481 e. The number of aromatic amines is 1. The summed E-state index contributed by atoms with van der Waals surface area (Å²) in [6.45, 7) is 9.78. The van der Waals surface area contributed by atoms with Crippen molar-refractivity contribution in [2.24, 2.45) is 62.6 Å². The van der Waals surface area contributed by atoms with Gasteiger partial charge < -0.3 is 59.2 Å². The molecule has 1 fully saturated rings. The Morgan fingerprint density at radius 3 is 2.05 bits per heavy atom. The van der Waals surface area contributed by atoms with Gasteiger partial charge in [-0.05, 0) is 125 Å². The van der Waals surface area contributed by atoms with Gasteiger partial charge in [-0.2, -0.15) is 0 Å². The number of aromatic nitrogens is 1. The number of carbonyl (C=O) groups excluding carboxylic acids is 10. The number of carbonyl (C=O) groups is 11. The lowest BCUT2D eigenvalue weighted by Gasteiger charge is -2.30. The molecule has 1 saturated heterocycles. The Morgan fingerprint density at radius 2 is 1.39 bits per heavy atom. The van der Waals surface area contributed by atoms with Gasteiger partial charge in [-0.25, -0.2) is 0 Å². The number of nitrogens with two attached hydrogens (primary N) is 4. The standard InChI is InChI=1S/C68H102N14O12/c1-42(2)35-55(58(85)39-52(45-17-7-6-8-18-45)65(91)79-63(43(3)4)60(87)38-47(67(93)94)19-15-33-74-68(71)72)78-64(90)44(5)36-59(86)56-24-16-34-82(56)66(92)46(37-48-40-75-53-22-10-9-21-51(48)53)25-26-49(20-11-13-31-69)77-62(89)29-27-50(83)41-76-61(88)30-28-57(84)54(80-81-73)23-12-14-32-70/h6-10,17-18,21-22,40,42-44,46-47,49,52,54-56,63,75H,11-16,19-20,23-39,41,69-70H2,1-5H3,(H,76,88)(H,77,89)(H,78,90)(H,79,91)(H,93,94)(H4,71,72,74). The Labute approximate surface area is 551 Å². The highest BCUT2D eigenvalue weighted by atomic mass is 16.4. The second-order valence-corrected chi connectivity index (χ2v) is 25.6. The summed E-state index contributed by atoms with van der Waals surface area (Å²) in [6, 6.07) is 12.0. The molecule has 516 valence electrons. The summed E-state index contributed by atoms with van der Waals surface area (Å²) in [5.74, 6) is -10.0. The highest BCUT2D eigenvalue weighted by molar-refractivity contribution is 5.99. The maximum absolute atomic E-state index is 15.1. The Bertz CT molecular complexity index is 3090. The number of aliphatic carboxylic acids is 1. The molecule has 1 aromatic heterocycles. The van der Waals surface area contributed by atoms with E-state index < -0.39 is 107 Å². The number of para-hydroxylation sites is 1. The zero-order chi connectivity index (χ0) is 69.3. The van der Waals surface area contributed by atoms with Crippen molar-refractivity contribution in [3.05, 3.63) is 82.4 Å². The van der Waals surface area contributed by atoms with Crippen LogP contribution in [-0.4, -0.2) is 148 Å². The van der Waals surface area contributed by atoms with Crippen LogP contribution in [0.4, 0.5) is 0 Å². The third kappa shape index (κ3) is 26.9. The summed E-state index contributed by atoms with van der Waals surface area (Å²) in [7, 11) is 0. The van der Waals surface area contributed by atoms with Gasteiger partial charge in [0, 0.05) is 97.9 Å². The number of amides is 5. The van der Waals surface area contributed by atoms with Gasteiger partial charge in [0.2, 0.25) is 29.5 Å². The quantitative estimate of drug-likeness (QED) is 0.00767. The van der Waals surface area contributed by atoms with Gasteiger partial charge in [-0.15, -0.1) is 0 Å². The molecule has 3 aromatic rings. The number of nitrogens with zero attached hydrogens (tertiary/aromatic N) is 5. The van der Waals surface area contributed by atoms with Crippen molar-refractivity contribution in [1.82, 2.24) is 31.2 Å². The van der Waals surface area contributed by atoms with Crippen LogP contribution in [0.15, 0.2) is 70.9 Å². The van der Waals surface area contributed by atoms with Crippen LogP contribution in [0.1, 0.15) is 180 Å². The molecule has 0 radical (unpaired) electrons. The first-order chi connectivity index (χ1) is 44.9. The van der Waals surface area contributed by atoms with Crippen LogP contribution in [0.2, 0.25) is 0 Å². The number of H-pyrrole nitrogens is 1. The van der Waals surface area contributed by atoms with E-state index >= 15 is 4.79 Å². The van der Waals surface area contributed by atoms with Crippen LogP contribution in [-0.2, 0) is 59.2 Å².